The van der Waals surface area contributed by atoms with Crippen LogP contribution < -0.4 is 0 Å². The molecule has 0 saturated heterocycles. The van der Waals surface area contributed by atoms with Crippen LogP contribution in [0.3, 0.4) is 0 Å². The SMILES string of the molecule is CCCC(=O)OCC(C)S(=O)(=O)O.[K]. The summed E-state index contributed by atoms with van der Waals surface area (Å²) in [7, 11) is -4.09. The molecule has 0 aromatic rings. The average Bonchev–Trinajstić information content (AvgIpc) is 1.99. The fourth-order valence-corrected chi connectivity index (χ4v) is 0.813. The van der Waals surface area contributed by atoms with Gasteiger partial charge in [0.15, 0.2) is 0 Å². The fourth-order valence-electron chi connectivity index (χ4n) is 0.573. The molecule has 0 aliphatic heterocycles. The van der Waals surface area contributed by atoms with Crippen molar-refractivity contribution in [3.63, 3.8) is 0 Å². The summed E-state index contributed by atoms with van der Waals surface area (Å²) in [5, 5.41) is -1.06. The maximum absolute atomic E-state index is 10.8. The van der Waals surface area contributed by atoms with Crippen molar-refractivity contribution in [3.8, 4) is 0 Å². The minimum atomic E-state index is -4.09. The van der Waals surface area contributed by atoms with E-state index in [4.69, 9.17) is 4.55 Å². The zero-order chi connectivity index (χ0) is 10.5. The van der Waals surface area contributed by atoms with Crippen molar-refractivity contribution in [2.75, 3.05) is 6.61 Å². The van der Waals surface area contributed by atoms with E-state index in [9.17, 15) is 13.2 Å². The van der Waals surface area contributed by atoms with Gasteiger partial charge in [0.05, 0.1) is 0 Å². The standard InChI is InChI=1S/C7H14O5S.K/c1-3-4-7(8)12-5-6(2)13(9,10)11;/h6H,3-5H2,1-2H3,(H,9,10,11);. The Morgan fingerprint density at radius 3 is 2.36 bits per heavy atom. The summed E-state index contributed by atoms with van der Waals surface area (Å²) in [4.78, 5) is 10.8. The van der Waals surface area contributed by atoms with Crippen LogP contribution in [0.15, 0.2) is 0 Å². The van der Waals surface area contributed by atoms with E-state index in [0.29, 0.717) is 6.42 Å². The molecule has 0 aromatic heterocycles. The minimum absolute atomic E-state index is 0. The van der Waals surface area contributed by atoms with E-state index >= 15 is 0 Å². The Morgan fingerprint density at radius 1 is 1.50 bits per heavy atom. The molecular weight excluding hydrogens is 235 g/mol. The van der Waals surface area contributed by atoms with Crippen molar-refractivity contribution in [2.24, 2.45) is 0 Å². The smallest absolute Gasteiger partial charge is 0.305 e. The van der Waals surface area contributed by atoms with Crippen LogP contribution in [-0.2, 0) is 19.6 Å². The van der Waals surface area contributed by atoms with E-state index in [0.717, 1.165) is 0 Å². The summed E-state index contributed by atoms with van der Waals surface area (Å²) in [6, 6.07) is 0. The zero-order valence-electron chi connectivity index (χ0n) is 8.69. The van der Waals surface area contributed by atoms with E-state index in [1.807, 2.05) is 6.92 Å². The monoisotopic (exact) mass is 249 g/mol. The van der Waals surface area contributed by atoms with Gasteiger partial charge in [-0.15, -0.1) is 0 Å². The molecule has 0 aromatic carbocycles. The van der Waals surface area contributed by atoms with Crippen LogP contribution in [0.25, 0.3) is 0 Å². The molecule has 1 N–H and O–H groups in total. The number of carbonyl (C=O) groups is 1. The molecule has 79 valence electrons. The molecule has 1 unspecified atom stereocenters. The first-order valence-electron chi connectivity index (χ1n) is 3.99. The largest absolute Gasteiger partial charge is 0.464 e. The summed E-state index contributed by atoms with van der Waals surface area (Å²) in [6.45, 7) is 2.79. The predicted octanol–water partition coefficient (Wildman–Crippen LogP) is 0.225. The molecule has 0 saturated carbocycles. The maximum Gasteiger partial charge on any atom is 0.305 e. The molecule has 7 heteroatoms. The van der Waals surface area contributed by atoms with E-state index in [2.05, 4.69) is 4.74 Å². The van der Waals surface area contributed by atoms with Gasteiger partial charge in [0.25, 0.3) is 10.1 Å². The van der Waals surface area contributed by atoms with E-state index in [1.54, 1.807) is 0 Å². The van der Waals surface area contributed by atoms with Gasteiger partial charge in [-0.2, -0.15) is 8.42 Å². The van der Waals surface area contributed by atoms with Crippen molar-refractivity contribution >= 4 is 67.5 Å². The predicted molar refractivity (Wildman–Crippen MR) is 52.6 cm³/mol. The summed E-state index contributed by atoms with van der Waals surface area (Å²) < 4.78 is 34.0. The third-order valence-electron chi connectivity index (χ3n) is 1.44. The summed E-state index contributed by atoms with van der Waals surface area (Å²) in [5.41, 5.74) is 0. The maximum atomic E-state index is 10.8. The summed E-state index contributed by atoms with van der Waals surface area (Å²) in [6.07, 6.45) is 0.914. The third-order valence-corrected chi connectivity index (χ3v) is 2.59. The molecule has 1 radical (unpaired) electrons. The first kappa shape index (κ1) is 17.4. The van der Waals surface area contributed by atoms with Gasteiger partial charge in [-0.05, 0) is 13.3 Å². The summed E-state index contributed by atoms with van der Waals surface area (Å²) in [5.74, 6) is -0.446. The van der Waals surface area contributed by atoms with Crippen LogP contribution in [0.4, 0.5) is 0 Å². The Kier molecular flexibility index (Phi) is 10.2. The van der Waals surface area contributed by atoms with Crippen LogP contribution in [0.5, 0.6) is 0 Å². The van der Waals surface area contributed by atoms with Crippen molar-refractivity contribution < 1.29 is 22.5 Å². The first-order valence-corrected chi connectivity index (χ1v) is 5.50. The number of carbonyl (C=O) groups excluding carboxylic acids is 1. The molecule has 0 rings (SSSR count). The second-order valence-corrected chi connectivity index (χ2v) is 4.59. The van der Waals surface area contributed by atoms with E-state index < -0.39 is 21.3 Å². The van der Waals surface area contributed by atoms with E-state index in [-0.39, 0.29) is 64.4 Å². The van der Waals surface area contributed by atoms with Gasteiger partial charge in [-0.25, -0.2) is 0 Å². The molecule has 0 fully saturated rings. The van der Waals surface area contributed by atoms with Crippen molar-refractivity contribution in [1.29, 1.82) is 0 Å². The topological polar surface area (TPSA) is 80.7 Å². The van der Waals surface area contributed by atoms with Crippen molar-refractivity contribution in [3.05, 3.63) is 0 Å². The second kappa shape index (κ2) is 8.20. The number of hydrogen-bond donors (Lipinski definition) is 1. The van der Waals surface area contributed by atoms with Gasteiger partial charge in [0, 0.05) is 57.8 Å². The third kappa shape index (κ3) is 8.34. The van der Waals surface area contributed by atoms with Gasteiger partial charge >= 0.3 is 5.97 Å². The van der Waals surface area contributed by atoms with Crippen molar-refractivity contribution in [2.45, 2.75) is 31.9 Å². The fraction of sp³-hybridized carbons (Fsp3) is 0.857. The molecule has 0 aliphatic carbocycles. The Bertz CT molecular complexity index is 261. The first-order chi connectivity index (χ1) is 5.88. The average molecular weight is 249 g/mol. The zero-order valence-corrected chi connectivity index (χ0v) is 12.6. The summed E-state index contributed by atoms with van der Waals surface area (Å²) >= 11 is 0. The molecule has 14 heavy (non-hydrogen) atoms. The molecule has 1 atom stereocenters. The number of rotatable bonds is 5. The Balaban J connectivity index is 0. The number of ether oxygens (including phenoxy) is 1. The molecule has 5 nitrogen and oxygen atoms in total. The van der Waals surface area contributed by atoms with Crippen molar-refractivity contribution in [1.82, 2.24) is 0 Å². The van der Waals surface area contributed by atoms with Gasteiger partial charge < -0.3 is 4.74 Å². The molecule has 0 aliphatic rings. The molecule has 0 bridgehead atoms. The Hall–Kier alpha value is 1.02. The molecule has 0 spiro atoms. The Labute approximate surface area is 127 Å². The molecule has 0 amide bonds. The number of esters is 1. The number of hydrogen-bond acceptors (Lipinski definition) is 4. The van der Waals surface area contributed by atoms with Crippen LogP contribution in [0.1, 0.15) is 26.7 Å². The van der Waals surface area contributed by atoms with Gasteiger partial charge in [0.2, 0.25) is 0 Å². The van der Waals surface area contributed by atoms with Crippen LogP contribution >= 0.6 is 0 Å². The second-order valence-electron chi connectivity index (χ2n) is 2.76. The Morgan fingerprint density at radius 2 is 2.00 bits per heavy atom. The van der Waals surface area contributed by atoms with Gasteiger partial charge in [-0.3, -0.25) is 9.35 Å². The van der Waals surface area contributed by atoms with Crippen LogP contribution in [0.2, 0.25) is 0 Å². The molecule has 0 heterocycles. The normalized spacial score (nSPS) is 12.8. The van der Waals surface area contributed by atoms with Crippen LogP contribution in [-0.4, -0.2) is 82.2 Å². The quantitative estimate of drug-likeness (QED) is 0.428. The van der Waals surface area contributed by atoms with E-state index in [1.165, 1.54) is 6.92 Å². The minimum Gasteiger partial charge on any atom is -0.464 e. The van der Waals surface area contributed by atoms with Crippen LogP contribution in [0, 0.1) is 0 Å². The van der Waals surface area contributed by atoms with Gasteiger partial charge in [0.1, 0.15) is 11.9 Å². The van der Waals surface area contributed by atoms with Gasteiger partial charge in [-0.1, -0.05) is 6.92 Å². The molecular formula is C7H14KO5S.